The van der Waals surface area contributed by atoms with Gasteiger partial charge in [0.05, 0.1) is 18.9 Å². The minimum Gasteiger partial charge on any atom is -0.378 e. The zero-order valence-electron chi connectivity index (χ0n) is 17.2. The van der Waals surface area contributed by atoms with E-state index in [1.807, 2.05) is 4.90 Å². The van der Waals surface area contributed by atoms with Crippen LogP contribution in [0.15, 0.2) is 18.2 Å². The highest BCUT2D eigenvalue weighted by molar-refractivity contribution is 6.10. The third kappa shape index (κ3) is 3.62. The van der Waals surface area contributed by atoms with Crippen molar-refractivity contribution in [2.75, 3.05) is 50.1 Å². The molecule has 1 spiro atoms. The number of hydrogen-bond donors (Lipinski definition) is 1. The van der Waals surface area contributed by atoms with Crippen molar-refractivity contribution in [3.8, 4) is 0 Å². The summed E-state index contributed by atoms with van der Waals surface area (Å²) < 4.78 is 19.8. The minimum atomic E-state index is -0.818. The van der Waals surface area contributed by atoms with E-state index in [0.29, 0.717) is 44.8 Å². The van der Waals surface area contributed by atoms with E-state index >= 15 is 0 Å². The fraction of sp³-hybridized carbons (Fsp3) is 0.571. The van der Waals surface area contributed by atoms with E-state index in [1.54, 1.807) is 19.2 Å². The third-order valence-electron chi connectivity index (χ3n) is 6.37. The van der Waals surface area contributed by atoms with Crippen molar-refractivity contribution in [2.24, 2.45) is 0 Å². The number of ether oxygens (including phenoxy) is 1. The maximum Gasteiger partial charge on any atom is 0.327 e. The third-order valence-corrected chi connectivity index (χ3v) is 6.37. The molecule has 1 N–H and O–H groups in total. The molecule has 0 aromatic heterocycles. The Balaban J connectivity index is 1.41. The number of anilines is 2. The quantitative estimate of drug-likeness (QED) is 0.758. The van der Waals surface area contributed by atoms with Crippen LogP contribution >= 0.6 is 0 Å². The van der Waals surface area contributed by atoms with Crippen LogP contribution in [0.3, 0.4) is 0 Å². The highest BCUT2D eigenvalue weighted by Crippen LogP contribution is 2.39. The van der Waals surface area contributed by atoms with E-state index in [9.17, 15) is 18.8 Å². The van der Waals surface area contributed by atoms with Crippen molar-refractivity contribution >= 4 is 29.2 Å². The second-order valence-corrected chi connectivity index (χ2v) is 8.14. The van der Waals surface area contributed by atoms with Gasteiger partial charge in [0.2, 0.25) is 5.91 Å². The molecular formula is C21H27FN4O4. The molecule has 162 valence electrons. The van der Waals surface area contributed by atoms with Crippen LogP contribution in [-0.2, 0) is 14.3 Å². The highest BCUT2D eigenvalue weighted by atomic mass is 19.1. The highest BCUT2D eigenvalue weighted by Gasteiger charge is 2.55. The Morgan fingerprint density at radius 1 is 1.17 bits per heavy atom. The van der Waals surface area contributed by atoms with Crippen molar-refractivity contribution in [3.63, 3.8) is 0 Å². The predicted octanol–water partition coefficient (Wildman–Crippen LogP) is 2.20. The Labute approximate surface area is 174 Å². The van der Waals surface area contributed by atoms with Crippen LogP contribution < -0.4 is 10.2 Å². The van der Waals surface area contributed by atoms with Crippen LogP contribution in [0.25, 0.3) is 0 Å². The van der Waals surface area contributed by atoms with E-state index in [-0.39, 0.29) is 18.1 Å². The zero-order chi connectivity index (χ0) is 21.3. The lowest BCUT2D eigenvalue weighted by atomic mass is 9.81. The Kier molecular flexibility index (Phi) is 5.64. The fourth-order valence-corrected chi connectivity index (χ4v) is 4.66. The number of carbonyl (C=O) groups excluding carboxylic acids is 3. The second-order valence-electron chi connectivity index (χ2n) is 8.14. The lowest BCUT2D eigenvalue weighted by Crippen LogP contribution is -2.49. The molecule has 2 heterocycles. The molecule has 30 heavy (non-hydrogen) atoms. The molecule has 9 heteroatoms. The second kappa shape index (κ2) is 8.22. The standard InChI is InChI=1S/C21H27FN4O4/c1-24-20(29)26(19(28)21(24)7-3-2-4-8-21)14-18(27)23-15-5-6-17(16(22)13-15)25-9-11-30-12-10-25/h5-6,13H,2-4,7-12,14H2,1H3,(H,23,27). The Morgan fingerprint density at radius 3 is 2.53 bits per heavy atom. The van der Waals surface area contributed by atoms with Crippen LogP contribution in [-0.4, -0.2) is 73.1 Å². The number of amides is 4. The van der Waals surface area contributed by atoms with E-state index in [2.05, 4.69) is 5.32 Å². The molecule has 3 fully saturated rings. The normalized spacial score (nSPS) is 21.5. The summed E-state index contributed by atoms with van der Waals surface area (Å²) in [5, 5.41) is 2.60. The molecule has 0 radical (unpaired) electrons. The number of imide groups is 1. The van der Waals surface area contributed by atoms with Crippen molar-refractivity contribution in [1.82, 2.24) is 9.80 Å². The topological polar surface area (TPSA) is 82.2 Å². The van der Waals surface area contributed by atoms with E-state index in [4.69, 9.17) is 4.74 Å². The van der Waals surface area contributed by atoms with Gasteiger partial charge in [-0.25, -0.2) is 9.18 Å². The molecule has 2 aliphatic heterocycles. The maximum atomic E-state index is 14.5. The first-order valence-corrected chi connectivity index (χ1v) is 10.4. The van der Waals surface area contributed by atoms with Crippen LogP contribution in [0.4, 0.5) is 20.6 Å². The molecule has 1 aromatic carbocycles. The Morgan fingerprint density at radius 2 is 1.87 bits per heavy atom. The predicted molar refractivity (Wildman–Crippen MR) is 109 cm³/mol. The van der Waals surface area contributed by atoms with Gasteiger partial charge in [-0.2, -0.15) is 0 Å². The molecule has 0 unspecified atom stereocenters. The van der Waals surface area contributed by atoms with E-state index in [1.165, 1.54) is 11.0 Å². The lowest BCUT2D eigenvalue weighted by molar-refractivity contribution is -0.136. The molecule has 2 saturated heterocycles. The first kappa shape index (κ1) is 20.6. The van der Waals surface area contributed by atoms with Gasteiger partial charge < -0.3 is 19.9 Å². The van der Waals surface area contributed by atoms with Crippen LogP contribution in [0.2, 0.25) is 0 Å². The average molecular weight is 418 g/mol. The molecule has 4 rings (SSSR count). The van der Waals surface area contributed by atoms with Crippen molar-refractivity contribution in [3.05, 3.63) is 24.0 Å². The van der Waals surface area contributed by atoms with Gasteiger partial charge in [0, 0.05) is 25.8 Å². The largest absolute Gasteiger partial charge is 0.378 e. The van der Waals surface area contributed by atoms with Gasteiger partial charge in [0.15, 0.2) is 0 Å². The summed E-state index contributed by atoms with van der Waals surface area (Å²) in [5.41, 5.74) is -0.0713. The first-order chi connectivity index (χ1) is 14.4. The van der Waals surface area contributed by atoms with Gasteiger partial charge in [-0.15, -0.1) is 0 Å². The van der Waals surface area contributed by atoms with Gasteiger partial charge in [-0.05, 0) is 31.0 Å². The Hall–Kier alpha value is -2.68. The van der Waals surface area contributed by atoms with Crippen LogP contribution in [0.1, 0.15) is 32.1 Å². The fourth-order valence-electron chi connectivity index (χ4n) is 4.66. The summed E-state index contributed by atoms with van der Waals surface area (Å²) in [7, 11) is 1.63. The molecule has 1 saturated carbocycles. The molecular weight excluding hydrogens is 391 g/mol. The van der Waals surface area contributed by atoms with Crippen LogP contribution in [0.5, 0.6) is 0 Å². The van der Waals surface area contributed by atoms with Gasteiger partial charge >= 0.3 is 6.03 Å². The summed E-state index contributed by atoms with van der Waals surface area (Å²) >= 11 is 0. The smallest absolute Gasteiger partial charge is 0.327 e. The van der Waals surface area contributed by atoms with Crippen molar-refractivity contribution < 1.29 is 23.5 Å². The lowest BCUT2D eigenvalue weighted by Gasteiger charge is -2.35. The molecule has 4 amide bonds. The molecule has 0 bridgehead atoms. The number of benzene rings is 1. The summed E-state index contributed by atoms with van der Waals surface area (Å²) in [6.07, 6.45) is 4.07. The van der Waals surface area contributed by atoms with Crippen LogP contribution in [0, 0.1) is 5.82 Å². The zero-order valence-corrected chi connectivity index (χ0v) is 17.2. The number of hydrogen-bond acceptors (Lipinski definition) is 5. The minimum absolute atomic E-state index is 0.286. The van der Waals surface area contributed by atoms with E-state index in [0.717, 1.165) is 24.2 Å². The number of likely N-dealkylation sites (N-methyl/N-ethyl adjacent to an activating group) is 1. The van der Waals surface area contributed by atoms with Crippen molar-refractivity contribution in [1.29, 1.82) is 0 Å². The van der Waals surface area contributed by atoms with Gasteiger partial charge in [-0.3, -0.25) is 14.5 Å². The van der Waals surface area contributed by atoms with Gasteiger partial charge in [0.1, 0.15) is 17.9 Å². The number of rotatable bonds is 4. The van der Waals surface area contributed by atoms with Gasteiger partial charge in [-0.1, -0.05) is 19.3 Å². The number of morpholine rings is 1. The Bertz CT molecular complexity index is 849. The monoisotopic (exact) mass is 418 g/mol. The number of nitrogens with zero attached hydrogens (tertiary/aromatic N) is 3. The first-order valence-electron chi connectivity index (χ1n) is 10.4. The van der Waals surface area contributed by atoms with Crippen molar-refractivity contribution in [2.45, 2.75) is 37.6 Å². The number of urea groups is 1. The number of nitrogens with one attached hydrogen (secondary N) is 1. The van der Waals surface area contributed by atoms with Gasteiger partial charge in [0.25, 0.3) is 5.91 Å². The molecule has 8 nitrogen and oxygen atoms in total. The molecule has 0 atom stereocenters. The summed E-state index contributed by atoms with van der Waals surface area (Å²) in [6.45, 7) is 1.93. The maximum absolute atomic E-state index is 14.5. The summed E-state index contributed by atoms with van der Waals surface area (Å²) in [5.74, 6) is -1.28. The SMILES string of the molecule is CN1C(=O)N(CC(=O)Nc2ccc(N3CCOCC3)c(F)c2)C(=O)C12CCCCC2. The molecule has 1 aromatic rings. The number of carbonyl (C=O) groups is 3. The summed E-state index contributed by atoms with van der Waals surface area (Å²) in [4.78, 5) is 42.5. The van der Waals surface area contributed by atoms with E-state index < -0.39 is 23.3 Å². The summed E-state index contributed by atoms with van der Waals surface area (Å²) in [6, 6.07) is 4.04. The molecule has 3 aliphatic rings. The average Bonchev–Trinajstić information content (AvgIpc) is 2.91. The molecule has 1 aliphatic carbocycles. The number of halogens is 1.